The molecule has 0 spiro atoms. The lowest BCUT2D eigenvalue weighted by molar-refractivity contribution is -0.119. The summed E-state index contributed by atoms with van der Waals surface area (Å²) >= 11 is 1.40. The van der Waals surface area contributed by atoms with E-state index in [2.05, 4.69) is 15.6 Å². The fourth-order valence-corrected chi connectivity index (χ4v) is 3.19. The van der Waals surface area contributed by atoms with Crippen molar-refractivity contribution in [2.24, 2.45) is 0 Å². The Morgan fingerprint density at radius 2 is 2.00 bits per heavy atom. The zero-order chi connectivity index (χ0) is 18.9. The number of rotatable bonds is 9. The van der Waals surface area contributed by atoms with Crippen LogP contribution in [0.15, 0.2) is 29.6 Å². The molecular formula is C19H25N3O3S. The van der Waals surface area contributed by atoms with Crippen LogP contribution >= 0.6 is 11.3 Å². The molecule has 140 valence electrons. The largest absolute Gasteiger partial charge is 0.382 e. The highest BCUT2D eigenvalue weighted by atomic mass is 32.1. The lowest BCUT2D eigenvalue weighted by atomic mass is 10.1. The normalized spacial score (nSPS) is 11.8. The molecule has 1 atom stereocenters. The minimum absolute atomic E-state index is 0.0384. The van der Waals surface area contributed by atoms with Crippen molar-refractivity contribution >= 4 is 28.3 Å². The Kier molecular flexibility index (Phi) is 7.74. The lowest BCUT2D eigenvalue weighted by Crippen LogP contribution is -2.23. The molecule has 0 saturated carbocycles. The first-order valence-electron chi connectivity index (χ1n) is 8.70. The second-order valence-corrected chi connectivity index (χ2v) is 6.79. The Hall–Kier alpha value is -2.25. The molecule has 7 heteroatoms. The second-order valence-electron chi connectivity index (χ2n) is 5.93. The van der Waals surface area contributed by atoms with Crippen LogP contribution < -0.4 is 10.6 Å². The van der Waals surface area contributed by atoms with Gasteiger partial charge in [0.1, 0.15) is 0 Å². The van der Waals surface area contributed by atoms with Gasteiger partial charge in [-0.25, -0.2) is 4.98 Å². The highest BCUT2D eigenvalue weighted by Gasteiger charge is 2.10. The van der Waals surface area contributed by atoms with Crippen molar-refractivity contribution < 1.29 is 14.3 Å². The van der Waals surface area contributed by atoms with Crippen LogP contribution in [0.2, 0.25) is 0 Å². The van der Waals surface area contributed by atoms with Crippen molar-refractivity contribution in [2.75, 3.05) is 18.5 Å². The standard InChI is InChI=1S/C19H25N3O3S/c1-4-25-11-5-6-18(24)22-19-21-17(12-26-19)16-9-7-15(8-10-16)13(2)20-14(3)23/h7-10,12-13H,4-6,11H2,1-3H3,(H,20,23)(H,21,22,24)/t13-/m0/s1. The van der Waals surface area contributed by atoms with Gasteiger partial charge in [0.15, 0.2) is 5.13 Å². The zero-order valence-electron chi connectivity index (χ0n) is 15.4. The van der Waals surface area contributed by atoms with Gasteiger partial charge in [0.25, 0.3) is 0 Å². The summed E-state index contributed by atoms with van der Waals surface area (Å²) in [6.45, 7) is 6.64. The minimum atomic E-state index is -0.0530. The number of ether oxygens (including phenoxy) is 1. The molecule has 1 heterocycles. The van der Waals surface area contributed by atoms with Gasteiger partial charge in [-0.1, -0.05) is 24.3 Å². The van der Waals surface area contributed by atoms with E-state index in [-0.39, 0.29) is 17.9 Å². The van der Waals surface area contributed by atoms with E-state index in [4.69, 9.17) is 4.74 Å². The number of carbonyl (C=O) groups is 2. The molecular weight excluding hydrogens is 350 g/mol. The zero-order valence-corrected chi connectivity index (χ0v) is 16.2. The molecule has 0 aliphatic heterocycles. The number of nitrogens with zero attached hydrogens (tertiary/aromatic N) is 1. The van der Waals surface area contributed by atoms with E-state index in [9.17, 15) is 9.59 Å². The van der Waals surface area contributed by atoms with Gasteiger partial charge in [0.05, 0.1) is 11.7 Å². The molecule has 2 rings (SSSR count). The summed E-state index contributed by atoms with van der Waals surface area (Å²) < 4.78 is 5.23. The van der Waals surface area contributed by atoms with Crippen LogP contribution in [0, 0.1) is 0 Å². The first-order chi connectivity index (χ1) is 12.5. The van der Waals surface area contributed by atoms with Gasteiger partial charge >= 0.3 is 0 Å². The van der Waals surface area contributed by atoms with Crippen LogP contribution in [0.4, 0.5) is 5.13 Å². The molecule has 1 aromatic heterocycles. The van der Waals surface area contributed by atoms with E-state index in [1.165, 1.54) is 18.3 Å². The monoisotopic (exact) mass is 375 g/mol. The summed E-state index contributed by atoms with van der Waals surface area (Å²) in [5.41, 5.74) is 2.82. The summed E-state index contributed by atoms with van der Waals surface area (Å²) in [5.74, 6) is -0.104. The molecule has 26 heavy (non-hydrogen) atoms. The number of nitrogens with one attached hydrogen (secondary N) is 2. The highest BCUT2D eigenvalue weighted by molar-refractivity contribution is 7.14. The Balaban J connectivity index is 1.92. The Bertz CT molecular complexity index is 728. The van der Waals surface area contributed by atoms with Crippen LogP contribution in [0.25, 0.3) is 11.3 Å². The number of anilines is 1. The van der Waals surface area contributed by atoms with Crippen molar-refractivity contribution in [1.82, 2.24) is 10.3 Å². The fraction of sp³-hybridized carbons (Fsp3) is 0.421. The van der Waals surface area contributed by atoms with Crippen LogP contribution in [-0.2, 0) is 14.3 Å². The predicted molar refractivity (Wildman–Crippen MR) is 104 cm³/mol. The predicted octanol–water partition coefficient (Wildman–Crippen LogP) is 3.76. The quantitative estimate of drug-likeness (QED) is 0.654. The summed E-state index contributed by atoms with van der Waals surface area (Å²) in [4.78, 5) is 27.5. The van der Waals surface area contributed by atoms with Crippen molar-refractivity contribution in [3.05, 3.63) is 35.2 Å². The lowest BCUT2D eigenvalue weighted by Gasteiger charge is -2.13. The van der Waals surface area contributed by atoms with Gasteiger partial charge in [0, 0.05) is 37.5 Å². The number of thiazole rings is 1. The average molecular weight is 375 g/mol. The van der Waals surface area contributed by atoms with Crippen LogP contribution in [0.5, 0.6) is 0 Å². The van der Waals surface area contributed by atoms with E-state index < -0.39 is 0 Å². The Morgan fingerprint density at radius 1 is 1.27 bits per heavy atom. The highest BCUT2D eigenvalue weighted by Crippen LogP contribution is 2.26. The molecule has 0 fully saturated rings. The van der Waals surface area contributed by atoms with Crippen molar-refractivity contribution in [3.8, 4) is 11.3 Å². The molecule has 2 amide bonds. The van der Waals surface area contributed by atoms with E-state index in [1.807, 2.05) is 43.5 Å². The number of amides is 2. The molecule has 6 nitrogen and oxygen atoms in total. The molecule has 2 aromatic rings. The van der Waals surface area contributed by atoms with Gasteiger partial charge in [-0.3, -0.25) is 9.59 Å². The van der Waals surface area contributed by atoms with Gasteiger partial charge in [-0.05, 0) is 25.8 Å². The summed E-state index contributed by atoms with van der Waals surface area (Å²) in [6.07, 6.45) is 1.12. The third kappa shape index (κ3) is 6.24. The van der Waals surface area contributed by atoms with E-state index in [0.29, 0.717) is 31.2 Å². The molecule has 2 N–H and O–H groups in total. The average Bonchev–Trinajstić information content (AvgIpc) is 3.06. The van der Waals surface area contributed by atoms with Gasteiger partial charge < -0.3 is 15.4 Å². The maximum absolute atomic E-state index is 11.9. The first-order valence-corrected chi connectivity index (χ1v) is 9.58. The molecule has 0 unspecified atom stereocenters. The number of hydrogen-bond donors (Lipinski definition) is 2. The summed E-state index contributed by atoms with van der Waals surface area (Å²) in [7, 11) is 0. The SMILES string of the molecule is CCOCCCC(=O)Nc1nc(-c2ccc([C@H](C)NC(C)=O)cc2)cs1. The molecule has 1 aromatic carbocycles. The topological polar surface area (TPSA) is 80.3 Å². The third-order valence-electron chi connectivity index (χ3n) is 3.77. The number of aromatic nitrogens is 1. The number of carbonyl (C=O) groups excluding carboxylic acids is 2. The van der Waals surface area contributed by atoms with Crippen molar-refractivity contribution in [1.29, 1.82) is 0 Å². The molecule has 0 bridgehead atoms. The fourth-order valence-electron chi connectivity index (χ4n) is 2.46. The smallest absolute Gasteiger partial charge is 0.226 e. The maximum atomic E-state index is 11.9. The van der Waals surface area contributed by atoms with Crippen LogP contribution in [-0.4, -0.2) is 30.0 Å². The van der Waals surface area contributed by atoms with Gasteiger partial charge in [-0.15, -0.1) is 11.3 Å². The van der Waals surface area contributed by atoms with E-state index >= 15 is 0 Å². The maximum Gasteiger partial charge on any atom is 0.226 e. The third-order valence-corrected chi connectivity index (χ3v) is 4.53. The summed E-state index contributed by atoms with van der Waals surface area (Å²) in [5, 5.41) is 8.20. The van der Waals surface area contributed by atoms with E-state index in [0.717, 1.165) is 16.8 Å². The minimum Gasteiger partial charge on any atom is -0.382 e. The van der Waals surface area contributed by atoms with E-state index in [1.54, 1.807) is 0 Å². The molecule has 0 radical (unpaired) electrons. The number of benzene rings is 1. The van der Waals surface area contributed by atoms with Crippen molar-refractivity contribution in [3.63, 3.8) is 0 Å². The van der Waals surface area contributed by atoms with Gasteiger partial charge in [-0.2, -0.15) is 0 Å². The molecule has 0 aliphatic rings. The molecule has 0 saturated heterocycles. The second kappa shape index (κ2) is 10.0. The van der Waals surface area contributed by atoms with Crippen LogP contribution in [0.1, 0.15) is 45.2 Å². The van der Waals surface area contributed by atoms with Gasteiger partial charge in [0.2, 0.25) is 11.8 Å². The molecule has 0 aliphatic carbocycles. The Labute approximate surface area is 158 Å². The Morgan fingerprint density at radius 3 is 2.65 bits per heavy atom. The van der Waals surface area contributed by atoms with Crippen LogP contribution in [0.3, 0.4) is 0 Å². The summed E-state index contributed by atoms with van der Waals surface area (Å²) in [6, 6.07) is 7.85. The number of hydrogen-bond acceptors (Lipinski definition) is 5. The first kappa shape index (κ1) is 20.1. The van der Waals surface area contributed by atoms with Crippen molar-refractivity contribution in [2.45, 2.75) is 39.7 Å².